The van der Waals surface area contributed by atoms with Gasteiger partial charge in [-0.15, -0.1) is 0 Å². The molecule has 5 rings (SSSR count). The van der Waals surface area contributed by atoms with Crippen LogP contribution in [0.3, 0.4) is 0 Å². The highest BCUT2D eigenvalue weighted by Gasteiger charge is 2.45. The van der Waals surface area contributed by atoms with Crippen LogP contribution < -0.4 is 19.8 Å². The zero-order valence-corrected chi connectivity index (χ0v) is 21.4. The number of carbonyl (C=O) groups excluding carboxylic acids is 1. The largest absolute Gasteiger partial charge is 0.490 e. The van der Waals surface area contributed by atoms with Gasteiger partial charge in [0.1, 0.15) is 5.58 Å². The minimum atomic E-state index is -0.796. The summed E-state index contributed by atoms with van der Waals surface area (Å²) in [5, 5.41) is 0.422. The van der Waals surface area contributed by atoms with Crippen molar-refractivity contribution in [3.05, 3.63) is 87.5 Å². The van der Waals surface area contributed by atoms with E-state index in [1.807, 2.05) is 38.1 Å². The molecule has 0 saturated carbocycles. The molecule has 0 aliphatic carbocycles. The van der Waals surface area contributed by atoms with Gasteiger partial charge in [-0.2, -0.15) is 0 Å². The molecule has 0 N–H and O–H groups in total. The second-order valence-corrected chi connectivity index (χ2v) is 9.47. The summed E-state index contributed by atoms with van der Waals surface area (Å²) in [6.45, 7) is 9.07. The van der Waals surface area contributed by atoms with Gasteiger partial charge in [0, 0.05) is 12.4 Å². The monoisotopic (exact) mass is 499 g/mol. The molecule has 0 spiro atoms. The number of nitrogens with zero attached hydrogens (tertiary/aromatic N) is 3. The van der Waals surface area contributed by atoms with Crippen molar-refractivity contribution < 1.29 is 18.7 Å². The van der Waals surface area contributed by atoms with Gasteiger partial charge in [0.15, 0.2) is 16.9 Å². The molecule has 1 amide bonds. The van der Waals surface area contributed by atoms with Crippen molar-refractivity contribution in [1.82, 2.24) is 9.97 Å². The Balaban J connectivity index is 1.68. The minimum absolute atomic E-state index is 0.00553. The molecule has 190 valence electrons. The Labute approximate surface area is 214 Å². The average molecular weight is 500 g/mol. The molecule has 2 aromatic carbocycles. The van der Waals surface area contributed by atoms with E-state index in [-0.39, 0.29) is 22.7 Å². The van der Waals surface area contributed by atoms with Crippen LogP contribution in [0.4, 0.5) is 5.95 Å². The Morgan fingerprint density at radius 1 is 1.03 bits per heavy atom. The number of ether oxygens (including phenoxy) is 2. The highest BCUT2D eigenvalue weighted by Crippen LogP contribution is 2.42. The lowest BCUT2D eigenvalue weighted by Crippen LogP contribution is -2.31. The SMILES string of the molecule is CCOc1cc(C2c3c(oc4ccc(C)cc4c3=O)C(=O)N2c2ncccn2)ccc1OCCC(C)C. The number of hydrogen-bond acceptors (Lipinski definition) is 7. The average Bonchev–Trinajstić information content (AvgIpc) is 3.18. The van der Waals surface area contributed by atoms with E-state index < -0.39 is 11.9 Å². The van der Waals surface area contributed by atoms with Crippen LogP contribution in [0.25, 0.3) is 11.0 Å². The summed E-state index contributed by atoms with van der Waals surface area (Å²) in [6, 6.07) is 11.7. The third kappa shape index (κ3) is 4.55. The predicted octanol–water partition coefficient (Wildman–Crippen LogP) is 5.46. The summed E-state index contributed by atoms with van der Waals surface area (Å²) in [5.74, 6) is 1.36. The van der Waals surface area contributed by atoms with Gasteiger partial charge in [0.05, 0.1) is 30.2 Å². The van der Waals surface area contributed by atoms with Crippen LogP contribution >= 0.6 is 0 Å². The van der Waals surface area contributed by atoms with Crippen molar-refractivity contribution >= 4 is 22.8 Å². The Morgan fingerprint density at radius 3 is 2.54 bits per heavy atom. The summed E-state index contributed by atoms with van der Waals surface area (Å²) in [4.78, 5) is 37.5. The van der Waals surface area contributed by atoms with Crippen molar-refractivity contribution in [2.75, 3.05) is 18.1 Å². The van der Waals surface area contributed by atoms with E-state index in [0.29, 0.717) is 47.2 Å². The molecule has 0 radical (unpaired) electrons. The summed E-state index contributed by atoms with van der Waals surface area (Å²) >= 11 is 0. The van der Waals surface area contributed by atoms with Crippen molar-refractivity contribution in [3.8, 4) is 11.5 Å². The lowest BCUT2D eigenvalue weighted by molar-refractivity contribution is 0.0969. The van der Waals surface area contributed by atoms with Gasteiger partial charge in [-0.25, -0.2) is 9.97 Å². The van der Waals surface area contributed by atoms with Crippen molar-refractivity contribution in [1.29, 1.82) is 0 Å². The fraction of sp³-hybridized carbons (Fsp3) is 0.310. The standard InChI is InChI=1S/C29H29N3O5/c1-5-35-23-16-19(8-10-22(23)36-14-11-17(2)3)25-24-26(33)20-15-18(4)7-9-21(20)37-27(24)28(34)32(25)29-30-12-6-13-31-29/h6-10,12-13,15-17,25H,5,11,14H2,1-4H3. The molecule has 1 aliphatic rings. The number of carbonyl (C=O) groups is 1. The number of benzene rings is 2. The van der Waals surface area contributed by atoms with Gasteiger partial charge in [0.25, 0.3) is 5.91 Å². The Morgan fingerprint density at radius 2 is 1.81 bits per heavy atom. The summed E-state index contributed by atoms with van der Waals surface area (Å²) in [6.07, 6.45) is 4.02. The number of amides is 1. The first-order valence-corrected chi connectivity index (χ1v) is 12.5. The van der Waals surface area contributed by atoms with Gasteiger partial charge in [-0.05, 0) is 62.1 Å². The Bertz CT molecular complexity index is 1510. The molecular weight excluding hydrogens is 470 g/mol. The zero-order chi connectivity index (χ0) is 26.1. The first-order valence-electron chi connectivity index (χ1n) is 12.5. The van der Waals surface area contributed by atoms with E-state index in [9.17, 15) is 9.59 Å². The van der Waals surface area contributed by atoms with Crippen LogP contribution in [0, 0.1) is 12.8 Å². The number of aromatic nitrogens is 2. The maximum absolute atomic E-state index is 13.8. The number of fused-ring (bicyclic) bond motifs is 2. The smallest absolute Gasteiger partial charge is 0.297 e. The van der Waals surface area contributed by atoms with E-state index >= 15 is 0 Å². The van der Waals surface area contributed by atoms with E-state index in [4.69, 9.17) is 13.9 Å². The summed E-state index contributed by atoms with van der Waals surface area (Å²) in [7, 11) is 0. The van der Waals surface area contributed by atoms with Crippen molar-refractivity contribution in [3.63, 3.8) is 0 Å². The molecule has 3 heterocycles. The minimum Gasteiger partial charge on any atom is -0.490 e. The number of rotatable bonds is 8. The predicted molar refractivity (Wildman–Crippen MR) is 140 cm³/mol. The van der Waals surface area contributed by atoms with Crippen LogP contribution in [0.1, 0.15) is 60.5 Å². The lowest BCUT2D eigenvalue weighted by Gasteiger charge is -2.24. The van der Waals surface area contributed by atoms with Gasteiger partial charge >= 0.3 is 0 Å². The van der Waals surface area contributed by atoms with Gasteiger partial charge < -0.3 is 13.9 Å². The third-order valence-corrected chi connectivity index (χ3v) is 6.33. The summed E-state index contributed by atoms with van der Waals surface area (Å²) < 4.78 is 17.9. The van der Waals surface area contributed by atoms with Crippen molar-refractivity contribution in [2.45, 2.75) is 40.2 Å². The molecule has 1 atom stereocenters. The molecular formula is C29H29N3O5. The van der Waals surface area contributed by atoms with Crippen LogP contribution in [0.2, 0.25) is 0 Å². The van der Waals surface area contributed by atoms with E-state index in [1.165, 1.54) is 4.90 Å². The van der Waals surface area contributed by atoms with Crippen molar-refractivity contribution in [2.24, 2.45) is 5.92 Å². The van der Waals surface area contributed by atoms with Gasteiger partial charge in [-0.1, -0.05) is 31.5 Å². The highest BCUT2D eigenvalue weighted by atomic mass is 16.5. The number of anilines is 1. The maximum Gasteiger partial charge on any atom is 0.297 e. The Kier molecular flexibility index (Phi) is 6.65. The molecule has 0 bridgehead atoms. The number of aryl methyl sites for hydroxylation is 1. The first kappa shape index (κ1) is 24.5. The molecule has 1 unspecified atom stereocenters. The lowest BCUT2D eigenvalue weighted by atomic mass is 9.98. The third-order valence-electron chi connectivity index (χ3n) is 6.33. The van der Waals surface area contributed by atoms with Crippen LogP contribution in [-0.4, -0.2) is 29.1 Å². The summed E-state index contributed by atoms with van der Waals surface area (Å²) in [5.41, 5.74) is 1.95. The quantitative estimate of drug-likeness (QED) is 0.317. The first-order chi connectivity index (χ1) is 17.9. The van der Waals surface area contributed by atoms with E-state index in [0.717, 1.165) is 12.0 Å². The highest BCUT2D eigenvalue weighted by molar-refractivity contribution is 6.09. The molecule has 1 aliphatic heterocycles. The second-order valence-electron chi connectivity index (χ2n) is 9.47. The van der Waals surface area contributed by atoms with E-state index in [1.54, 1.807) is 30.6 Å². The van der Waals surface area contributed by atoms with E-state index in [2.05, 4.69) is 23.8 Å². The molecule has 8 heteroatoms. The molecule has 8 nitrogen and oxygen atoms in total. The Hall–Kier alpha value is -4.20. The molecule has 37 heavy (non-hydrogen) atoms. The fourth-order valence-corrected chi connectivity index (χ4v) is 4.51. The zero-order valence-electron chi connectivity index (χ0n) is 21.4. The van der Waals surface area contributed by atoms with Crippen LogP contribution in [0.15, 0.2) is 64.1 Å². The fourth-order valence-electron chi connectivity index (χ4n) is 4.51. The normalized spacial score (nSPS) is 14.9. The maximum atomic E-state index is 13.8. The number of hydrogen-bond donors (Lipinski definition) is 0. The molecule has 4 aromatic rings. The van der Waals surface area contributed by atoms with Gasteiger partial charge in [0.2, 0.25) is 11.7 Å². The molecule has 2 aromatic heterocycles. The molecule has 0 saturated heterocycles. The second kappa shape index (κ2) is 10.0. The molecule has 0 fully saturated rings. The van der Waals surface area contributed by atoms with Crippen LogP contribution in [0.5, 0.6) is 11.5 Å². The topological polar surface area (TPSA) is 94.8 Å². The van der Waals surface area contributed by atoms with Gasteiger partial charge in [-0.3, -0.25) is 14.5 Å². The van der Waals surface area contributed by atoms with Crippen LogP contribution in [-0.2, 0) is 0 Å².